The molecule has 0 atom stereocenters. The second kappa shape index (κ2) is 9.87. The summed E-state index contributed by atoms with van der Waals surface area (Å²) in [6.07, 6.45) is 2.65. The Labute approximate surface area is 173 Å². The summed E-state index contributed by atoms with van der Waals surface area (Å²) in [5.41, 5.74) is 2.95. The van der Waals surface area contributed by atoms with Gasteiger partial charge in [0.1, 0.15) is 0 Å². The molecule has 0 saturated heterocycles. The smallest absolute Gasteiger partial charge is 0.387 e. The first-order valence-corrected chi connectivity index (χ1v) is 9.55. The molecule has 0 saturated carbocycles. The number of halogens is 2. The molecule has 1 amide bonds. The largest absolute Gasteiger partial charge is 0.493 e. The Bertz CT molecular complexity index is 991. The molecule has 6 nitrogen and oxygen atoms in total. The van der Waals surface area contributed by atoms with Gasteiger partial charge in [0.2, 0.25) is 0 Å². The van der Waals surface area contributed by atoms with Gasteiger partial charge in [0.25, 0.3) is 5.91 Å². The summed E-state index contributed by atoms with van der Waals surface area (Å²) in [6.45, 7) is -0.642. The van der Waals surface area contributed by atoms with Crippen molar-refractivity contribution in [2.24, 2.45) is 0 Å². The number of methoxy groups -OCH3 is 1. The third kappa shape index (κ3) is 4.94. The van der Waals surface area contributed by atoms with Crippen LogP contribution in [0.15, 0.2) is 54.7 Å². The number of nitrogens with zero attached hydrogens (tertiary/aromatic N) is 2. The zero-order valence-electron chi connectivity index (χ0n) is 16.8. The van der Waals surface area contributed by atoms with E-state index in [1.54, 1.807) is 23.0 Å². The Hall–Kier alpha value is -3.42. The van der Waals surface area contributed by atoms with Crippen LogP contribution in [-0.4, -0.2) is 36.0 Å². The quantitative estimate of drug-likeness (QED) is 0.573. The molecule has 3 rings (SSSR count). The van der Waals surface area contributed by atoms with E-state index in [-0.39, 0.29) is 17.4 Å². The Morgan fingerprint density at radius 3 is 2.60 bits per heavy atom. The van der Waals surface area contributed by atoms with E-state index in [4.69, 9.17) is 4.74 Å². The predicted octanol–water partition coefficient (Wildman–Crippen LogP) is 4.02. The second-order valence-electron chi connectivity index (χ2n) is 6.48. The SMILES string of the molecule is CCc1c(C(=O)NCCc2ccc(OC)c(OC(F)F)c2)cnn1-c1ccccc1. The van der Waals surface area contributed by atoms with Crippen LogP contribution < -0.4 is 14.8 Å². The van der Waals surface area contributed by atoms with Gasteiger partial charge in [-0.2, -0.15) is 13.9 Å². The lowest BCUT2D eigenvalue weighted by molar-refractivity contribution is -0.0512. The van der Waals surface area contributed by atoms with E-state index in [9.17, 15) is 13.6 Å². The molecule has 0 spiro atoms. The summed E-state index contributed by atoms with van der Waals surface area (Å²) in [4.78, 5) is 12.7. The van der Waals surface area contributed by atoms with Gasteiger partial charge < -0.3 is 14.8 Å². The molecule has 0 aliphatic heterocycles. The van der Waals surface area contributed by atoms with E-state index < -0.39 is 6.61 Å². The molecular formula is C22H23F2N3O3. The highest BCUT2D eigenvalue weighted by atomic mass is 19.3. The summed E-state index contributed by atoms with van der Waals surface area (Å²) in [7, 11) is 1.38. The number of rotatable bonds is 9. The molecule has 8 heteroatoms. The monoisotopic (exact) mass is 415 g/mol. The maximum Gasteiger partial charge on any atom is 0.387 e. The molecule has 1 heterocycles. The van der Waals surface area contributed by atoms with E-state index in [2.05, 4.69) is 15.2 Å². The van der Waals surface area contributed by atoms with Crippen molar-refractivity contribution in [1.82, 2.24) is 15.1 Å². The highest BCUT2D eigenvalue weighted by Gasteiger charge is 2.17. The predicted molar refractivity (Wildman–Crippen MR) is 109 cm³/mol. The summed E-state index contributed by atoms with van der Waals surface area (Å²) in [6, 6.07) is 14.4. The molecule has 158 valence electrons. The van der Waals surface area contributed by atoms with Crippen LogP contribution in [0.4, 0.5) is 8.78 Å². The maximum atomic E-state index is 12.7. The lowest BCUT2D eigenvalue weighted by Gasteiger charge is -2.12. The Balaban J connectivity index is 1.66. The molecule has 0 aliphatic rings. The van der Waals surface area contributed by atoms with E-state index in [0.29, 0.717) is 24.9 Å². The molecule has 0 aliphatic carbocycles. The van der Waals surface area contributed by atoms with Gasteiger partial charge in [-0.15, -0.1) is 0 Å². The average Bonchev–Trinajstić information content (AvgIpc) is 3.18. The number of aromatic nitrogens is 2. The molecule has 0 unspecified atom stereocenters. The van der Waals surface area contributed by atoms with Gasteiger partial charge in [-0.25, -0.2) is 4.68 Å². The Morgan fingerprint density at radius 1 is 1.17 bits per heavy atom. The van der Waals surface area contributed by atoms with E-state index >= 15 is 0 Å². The highest BCUT2D eigenvalue weighted by Crippen LogP contribution is 2.29. The van der Waals surface area contributed by atoms with Crippen LogP contribution in [0, 0.1) is 0 Å². The molecule has 3 aromatic rings. The van der Waals surface area contributed by atoms with Crippen molar-refractivity contribution < 1.29 is 23.0 Å². The normalized spacial score (nSPS) is 10.8. The number of amides is 1. The van der Waals surface area contributed by atoms with Crippen molar-refractivity contribution in [3.05, 3.63) is 71.5 Å². The lowest BCUT2D eigenvalue weighted by Crippen LogP contribution is -2.26. The molecule has 0 fully saturated rings. The summed E-state index contributed by atoms with van der Waals surface area (Å²) in [5, 5.41) is 7.22. The molecular weight excluding hydrogens is 392 g/mol. The number of nitrogens with one attached hydrogen (secondary N) is 1. The first-order valence-electron chi connectivity index (χ1n) is 9.55. The zero-order valence-corrected chi connectivity index (χ0v) is 16.8. The van der Waals surface area contributed by atoms with Crippen LogP contribution in [0.25, 0.3) is 5.69 Å². The number of ether oxygens (including phenoxy) is 2. The molecule has 1 aromatic heterocycles. The number of para-hydroxylation sites is 1. The van der Waals surface area contributed by atoms with E-state index in [1.807, 2.05) is 37.3 Å². The molecule has 0 bridgehead atoms. The van der Waals surface area contributed by atoms with Gasteiger partial charge in [0.15, 0.2) is 11.5 Å². The van der Waals surface area contributed by atoms with E-state index in [0.717, 1.165) is 16.9 Å². The van der Waals surface area contributed by atoms with Crippen LogP contribution in [-0.2, 0) is 12.8 Å². The number of hydrogen-bond acceptors (Lipinski definition) is 4. The number of alkyl halides is 2. The number of carbonyl (C=O) groups excluding carboxylic acids is 1. The fourth-order valence-electron chi connectivity index (χ4n) is 3.18. The lowest BCUT2D eigenvalue weighted by atomic mass is 10.1. The van der Waals surface area contributed by atoms with E-state index in [1.165, 1.54) is 13.2 Å². The number of benzene rings is 2. The van der Waals surface area contributed by atoms with Crippen LogP contribution in [0.2, 0.25) is 0 Å². The molecule has 1 N–H and O–H groups in total. The van der Waals surface area contributed by atoms with Crippen LogP contribution in [0.3, 0.4) is 0 Å². The van der Waals surface area contributed by atoms with Gasteiger partial charge >= 0.3 is 6.61 Å². The van der Waals surface area contributed by atoms with Gasteiger partial charge in [0, 0.05) is 6.54 Å². The minimum atomic E-state index is -2.94. The number of hydrogen-bond donors (Lipinski definition) is 1. The van der Waals surface area contributed by atoms with Crippen LogP contribution >= 0.6 is 0 Å². The van der Waals surface area contributed by atoms with Gasteiger partial charge in [-0.05, 0) is 42.7 Å². The minimum absolute atomic E-state index is 0.0336. The van der Waals surface area contributed by atoms with Crippen molar-refractivity contribution in [3.8, 4) is 17.2 Å². The average molecular weight is 415 g/mol. The van der Waals surface area contributed by atoms with Crippen LogP contribution in [0.1, 0.15) is 28.5 Å². The third-order valence-electron chi connectivity index (χ3n) is 4.59. The highest BCUT2D eigenvalue weighted by molar-refractivity contribution is 5.95. The minimum Gasteiger partial charge on any atom is -0.493 e. The summed E-state index contributed by atoms with van der Waals surface area (Å²) in [5.74, 6) is -0.0377. The van der Waals surface area contributed by atoms with Crippen molar-refractivity contribution in [1.29, 1.82) is 0 Å². The Morgan fingerprint density at radius 2 is 1.93 bits per heavy atom. The van der Waals surface area contributed by atoms with Crippen molar-refractivity contribution in [2.75, 3.05) is 13.7 Å². The van der Waals surface area contributed by atoms with Crippen molar-refractivity contribution >= 4 is 5.91 Å². The molecule has 0 radical (unpaired) electrons. The fraction of sp³-hybridized carbons (Fsp3) is 0.273. The molecule has 30 heavy (non-hydrogen) atoms. The third-order valence-corrected chi connectivity index (χ3v) is 4.59. The van der Waals surface area contributed by atoms with Crippen molar-refractivity contribution in [2.45, 2.75) is 26.4 Å². The molecule has 2 aromatic carbocycles. The Kier molecular flexibility index (Phi) is 7.00. The summed E-state index contributed by atoms with van der Waals surface area (Å²) >= 11 is 0. The fourth-order valence-corrected chi connectivity index (χ4v) is 3.18. The van der Waals surface area contributed by atoms with Crippen LogP contribution in [0.5, 0.6) is 11.5 Å². The van der Waals surface area contributed by atoms with Gasteiger partial charge in [-0.3, -0.25) is 4.79 Å². The van der Waals surface area contributed by atoms with Gasteiger partial charge in [0.05, 0.1) is 30.3 Å². The maximum absolute atomic E-state index is 12.7. The van der Waals surface area contributed by atoms with Gasteiger partial charge in [-0.1, -0.05) is 31.2 Å². The first-order chi connectivity index (χ1) is 14.5. The topological polar surface area (TPSA) is 65.4 Å². The second-order valence-corrected chi connectivity index (χ2v) is 6.48. The first kappa shape index (κ1) is 21.3. The zero-order chi connectivity index (χ0) is 21.5. The standard InChI is InChI=1S/C22H23F2N3O3/c1-3-18-17(14-26-27(18)16-7-5-4-6-8-16)21(28)25-12-11-15-9-10-19(29-2)20(13-15)30-22(23)24/h4-10,13-14,22H,3,11-12H2,1-2H3,(H,25,28). The number of carbonyl (C=O) groups is 1. The van der Waals surface area contributed by atoms with Crippen molar-refractivity contribution in [3.63, 3.8) is 0 Å². The summed E-state index contributed by atoms with van der Waals surface area (Å²) < 4.78 is 36.4.